The summed E-state index contributed by atoms with van der Waals surface area (Å²) in [5, 5.41) is 12.0. The van der Waals surface area contributed by atoms with Gasteiger partial charge in [0.05, 0.1) is 12.6 Å². The molecule has 0 saturated heterocycles. The van der Waals surface area contributed by atoms with Gasteiger partial charge in [0.25, 0.3) is 0 Å². The van der Waals surface area contributed by atoms with Gasteiger partial charge in [-0.3, -0.25) is 9.69 Å². The molecule has 18 heavy (non-hydrogen) atoms. The summed E-state index contributed by atoms with van der Waals surface area (Å²) in [5.74, 6) is 0.0793. The third-order valence-corrected chi connectivity index (χ3v) is 3.19. The van der Waals surface area contributed by atoms with Crippen LogP contribution < -0.4 is 5.32 Å². The lowest BCUT2D eigenvalue weighted by Gasteiger charge is -2.27. The van der Waals surface area contributed by atoms with Gasteiger partial charge in [0.1, 0.15) is 0 Å². The minimum Gasteiger partial charge on any atom is -0.395 e. The summed E-state index contributed by atoms with van der Waals surface area (Å²) >= 11 is 0. The van der Waals surface area contributed by atoms with Crippen molar-refractivity contribution < 1.29 is 9.90 Å². The number of carbonyl (C=O) groups excluding carboxylic acids is 1. The molecule has 4 nitrogen and oxygen atoms in total. The van der Waals surface area contributed by atoms with Gasteiger partial charge in [0.15, 0.2) is 0 Å². The average Bonchev–Trinajstić information content (AvgIpc) is 2.38. The fourth-order valence-electron chi connectivity index (χ4n) is 1.89. The van der Waals surface area contributed by atoms with E-state index in [1.807, 2.05) is 6.92 Å². The molecule has 108 valence electrons. The smallest absolute Gasteiger partial charge is 0.237 e. The molecule has 0 aromatic rings. The van der Waals surface area contributed by atoms with E-state index in [1.165, 1.54) is 6.42 Å². The third kappa shape index (κ3) is 7.67. The molecule has 0 aliphatic rings. The van der Waals surface area contributed by atoms with Crippen molar-refractivity contribution >= 4 is 5.91 Å². The first kappa shape index (κ1) is 17.4. The van der Waals surface area contributed by atoms with Gasteiger partial charge >= 0.3 is 0 Å². The molecule has 0 fully saturated rings. The fourth-order valence-corrected chi connectivity index (χ4v) is 1.89. The molecule has 1 amide bonds. The lowest BCUT2D eigenvalue weighted by Crippen LogP contribution is -2.46. The first-order valence-corrected chi connectivity index (χ1v) is 7.29. The Bertz CT molecular complexity index is 210. The zero-order valence-corrected chi connectivity index (χ0v) is 12.2. The van der Waals surface area contributed by atoms with E-state index in [0.29, 0.717) is 6.54 Å². The molecule has 0 heterocycles. The minimum absolute atomic E-state index is 0.0793. The van der Waals surface area contributed by atoms with E-state index < -0.39 is 0 Å². The standard InChI is InChI=1S/C14H30N2O2/c1-4-6-8-9-15-14(18)13(3)16(11-12-17)10-7-5-2/h13,17H,4-12H2,1-3H3,(H,15,18). The van der Waals surface area contributed by atoms with Crippen LogP contribution in [-0.4, -0.2) is 48.2 Å². The van der Waals surface area contributed by atoms with E-state index >= 15 is 0 Å². The van der Waals surface area contributed by atoms with Crippen LogP contribution in [0.5, 0.6) is 0 Å². The summed E-state index contributed by atoms with van der Waals surface area (Å²) in [6, 6.07) is -0.148. The Kier molecular flexibility index (Phi) is 11.1. The van der Waals surface area contributed by atoms with Crippen LogP contribution in [-0.2, 0) is 4.79 Å². The van der Waals surface area contributed by atoms with Crippen molar-refractivity contribution in [3.05, 3.63) is 0 Å². The van der Waals surface area contributed by atoms with E-state index in [0.717, 1.165) is 38.8 Å². The normalized spacial score (nSPS) is 12.7. The van der Waals surface area contributed by atoms with Gasteiger partial charge in [-0.05, 0) is 26.3 Å². The number of rotatable bonds is 11. The van der Waals surface area contributed by atoms with Crippen molar-refractivity contribution in [1.29, 1.82) is 0 Å². The molecule has 0 radical (unpaired) electrons. The highest BCUT2D eigenvalue weighted by Crippen LogP contribution is 2.02. The second kappa shape index (κ2) is 11.5. The van der Waals surface area contributed by atoms with Crippen LogP contribution in [0, 0.1) is 0 Å². The van der Waals surface area contributed by atoms with Crippen LogP contribution in [0.2, 0.25) is 0 Å². The first-order valence-electron chi connectivity index (χ1n) is 7.29. The number of nitrogens with zero attached hydrogens (tertiary/aromatic N) is 1. The van der Waals surface area contributed by atoms with Crippen molar-refractivity contribution in [3.63, 3.8) is 0 Å². The number of aliphatic hydroxyl groups is 1. The fraction of sp³-hybridized carbons (Fsp3) is 0.929. The molecule has 0 bridgehead atoms. The van der Waals surface area contributed by atoms with Crippen LogP contribution in [0.1, 0.15) is 52.9 Å². The topological polar surface area (TPSA) is 52.6 Å². The van der Waals surface area contributed by atoms with E-state index in [9.17, 15) is 4.79 Å². The Hall–Kier alpha value is -0.610. The number of hydrogen-bond donors (Lipinski definition) is 2. The third-order valence-electron chi connectivity index (χ3n) is 3.19. The highest BCUT2D eigenvalue weighted by atomic mass is 16.3. The molecule has 4 heteroatoms. The molecule has 0 aliphatic carbocycles. The Morgan fingerprint density at radius 3 is 2.39 bits per heavy atom. The summed E-state index contributed by atoms with van der Waals surface area (Å²) < 4.78 is 0. The molecule has 1 atom stereocenters. The molecule has 0 aliphatic heterocycles. The lowest BCUT2D eigenvalue weighted by molar-refractivity contribution is -0.126. The molecular weight excluding hydrogens is 228 g/mol. The maximum Gasteiger partial charge on any atom is 0.237 e. The van der Waals surface area contributed by atoms with Crippen LogP contribution in [0.25, 0.3) is 0 Å². The van der Waals surface area contributed by atoms with Crippen molar-refractivity contribution in [2.45, 2.75) is 58.9 Å². The van der Waals surface area contributed by atoms with Crippen molar-refractivity contribution in [2.75, 3.05) is 26.2 Å². The average molecular weight is 258 g/mol. The van der Waals surface area contributed by atoms with Crippen molar-refractivity contribution in [1.82, 2.24) is 10.2 Å². The second-order valence-electron chi connectivity index (χ2n) is 4.79. The molecule has 0 aromatic heterocycles. The molecule has 0 saturated carbocycles. The highest BCUT2D eigenvalue weighted by molar-refractivity contribution is 5.81. The molecule has 0 spiro atoms. The Labute approximate surface area is 112 Å². The summed E-state index contributed by atoms with van der Waals surface area (Å²) in [6.07, 6.45) is 5.54. The van der Waals surface area contributed by atoms with Gasteiger partial charge in [-0.2, -0.15) is 0 Å². The Morgan fingerprint density at radius 2 is 1.83 bits per heavy atom. The SMILES string of the molecule is CCCCCNC(=O)C(C)N(CCO)CCCC. The monoisotopic (exact) mass is 258 g/mol. The van der Waals surface area contributed by atoms with Gasteiger partial charge < -0.3 is 10.4 Å². The summed E-state index contributed by atoms with van der Waals surface area (Å²) in [6.45, 7) is 8.52. The van der Waals surface area contributed by atoms with E-state index in [-0.39, 0.29) is 18.6 Å². The zero-order valence-electron chi connectivity index (χ0n) is 12.2. The van der Waals surface area contributed by atoms with E-state index in [2.05, 4.69) is 24.1 Å². The number of nitrogens with one attached hydrogen (secondary N) is 1. The largest absolute Gasteiger partial charge is 0.395 e. The zero-order chi connectivity index (χ0) is 13.8. The number of unbranched alkanes of at least 4 members (excludes halogenated alkanes) is 3. The number of carbonyl (C=O) groups is 1. The number of aliphatic hydroxyl groups excluding tert-OH is 1. The molecule has 0 rings (SSSR count). The Balaban J connectivity index is 4.02. The van der Waals surface area contributed by atoms with Crippen molar-refractivity contribution in [3.8, 4) is 0 Å². The lowest BCUT2D eigenvalue weighted by atomic mass is 10.2. The quantitative estimate of drug-likeness (QED) is 0.555. The van der Waals surface area contributed by atoms with Gasteiger partial charge in [0.2, 0.25) is 5.91 Å². The highest BCUT2D eigenvalue weighted by Gasteiger charge is 2.19. The van der Waals surface area contributed by atoms with Crippen LogP contribution in [0.3, 0.4) is 0 Å². The van der Waals surface area contributed by atoms with E-state index in [4.69, 9.17) is 5.11 Å². The predicted octanol–water partition coefficient (Wildman–Crippen LogP) is 1.78. The maximum absolute atomic E-state index is 12.0. The van der Waals surface area contributed by atoms with Gasteiger partial charge in [-0.15, -0.1) is 0 Å². The van der Waals surface area contributed by atoms with Crippen LogP contribution in [0.15, 0.2) is 0 Å². The summed E-state index contributed by atoms with van der Waals surface area (Å²) in [5.41, 5.74) is 0. The number of amides is 1. The molecular formula is C14H30N2O2. The Morgan fingerprint density at radius 1 is 1.17 bits per heavy atom. The van der Waals surface area contributed by atoms with Crippen LogP contribution in [0.4, 0.5) is 0 Å². The number of hydrogen-bond acceptors (Lipinski definition) is 3. The summed E-state index contributed by atoms with van der Waals surface area (Å²) in [7, 11) is 0. The second-order valence-corrected chi connectivity index (χ2v) is 4.79. The van der Waals surface area contributed by atoms with Crippen molar-refractivity contribution in [2.24, 2.45) is 0 Å². The van der Waals surface area contributed by atoms with Gasteiger partial charge in [0, 0.05) is 13.1 Å². The molecule has 0 aromatic carbocycles. The first-order chi connectivity index (χ1) is 8.67. The molecule has 2 N–H and O–H groups in total. The maximum atomic E-state index is 12.0. The van der Waals surface area contributed by atoms with E-state index in [1.54, 1.807) is 0 Å². The predicted molar refractivity (Wildman–Crippen MR) is 75.6 cm³/mol. The van der Waals surface area contributed by atoms with Crippen LogP contribution >= 0.6 is 0 Å². The van der Waals surface area contributed by atoms with Gasteiger partial charge in [-0.25, -0.2) is 0 Å². The molecule has 1 unspecified atom stereocenters. The summed E-state index contributed by atoms with van der Waals surface area (Å²) in [4.78, 5) is 14.0. The minimum atomic E-state index is -0.148. The van der Waals surface area contributed by atoms with Gasteiger partial charge in [-0.1, -0.05) is 33.1 Å².